The second-order valence-corrected chi connectivity index (χ2v) is 4.07. The van der Waals surface area contributed by atoms with Crippen molar-refractivity contribution >= 4 is 11.7 Å². The van der Waals surface area contributed by atoms with E-state index in [1.54, 1.807) is 0 Å². The molecule has 2 amide bonds. The van der Waals surface area contributed by atoms with Crippen molar-refractivity contribution < 1.29 is 22.4 Å². The Morgan fingerprint density at radius 2 is 1.94 bits per heavy atom. The summed E-state index contributed by atoms with van der Waals surface area (Å²) in [6.07, 6.45) is -2.91. The molecule has 1 aromatic rings. The highest BCUT2D eigenvalue weighted by Crippen LogP contribution is 2.31. The summed E-state index contributed by atoms with van der Waals surface area (Å²) in [4.78, 5) is 11.3. The van der Waals surface area contributed by atoms with Crippen molar-refractivity contribution in [1.82, 2.24) is 5.32 Å². The summed E-state index contributed by atoms with van der Waals surface area (Å²) < 4.78 is 50.5. The van der Waals surface area contributed by atoms with Crippen LogP contribution in [0.5, 0.6) is 0 Å². The SMILES string of the molecule is O=C(Nc1cc(C(F)(F)F)ccc1F)NC1CC1. The van der Waals surface area contributed by atoms with Crippen LogP contribution in [0.15, 0.2) is 18.2 Å². The molecule has 0 aromatic heterocycles. The second-order valence-electron chi connectivity index (χ2n) is 4.07. The Balaban J connectivity index is 2.12. The van der Waals surface area contributed by atoms with Gasteiger partial charge in [-0.3, -0.25) is 0 Å². The van der Waals surface area contributed by atoms with Crippen molar-refractivity contribution in [1.29, 1.82) is 0 Å². The van der Waals surface area contributed by atoms with Gasteiger partial charge < -0.3 is 10.6 Å². The zero-order valence-corrected chi connectivity index (χ0v) is 9.14. The molecule has 0 unspecified atom stereocenters. The minimum atomic E-state index is -4.57. The molecule has 1 saturated carbocycles. The smallest absolute Gasteiger partial charge is 0.335 e. The van der Waals surface area contributed by atoms with E-state index in [-0.39, 0.29) is 6.04 Å². The molecule has 1 aliphatic rings. The number of carbonyl (C=O) groups is 1. The lowest BCUT2D eigenvalue weighted by molar-refractivity contribution is -0.137. The van der Waals surface area contributed by atoms with E-state index in [0.29, 0.717) is 18.2 Å². The summed E-state index contributed by atoms with van der Waals surface area (Å²) in [6, 6.07) is 1.21. The minimum Gasteiger partial charge on any atom is -0.335 e. The molecule has 3 nitrogen and oxygen atoms in total. The molecule has 1 aliphatic carbocycles. The number of hydrogen-bond donors (Lipinski definition) is 2. The van der Waals surface area contributed by atoms with E-state index in [9.17, 15) is 22.4 Å². The van der Waals surface area contributed by atoms with Crippen LogP contribution < -0.4 is 10.6 Å². The number of hydrogen-bond acceptors (Lipinski definition) is 1. The highest BCUT2D eigenvalue weighted by atomic mass is 19.4. The van der Waals surface area contributed by atoms with Gasteiger partial charge >= 0.3 is 12.2 Å². The van der Waals surface area contributed by atoms with E-state index >= 15 is 0 Å². The van der Waals surface area contributed by atoms with Gasteiger partial charge in [-0.25, -0.2) is 9.18 Å². The van der Waals surface area contributed by atoms with Crippen molar-refractivity contribution in [3.8, 4) is 0 Å². The van der Waals surface area contributed by atoms with Gasteiger partial charge in [-0.05, 0) is 31.0 Å². The molecule has 2 N–H and O–H groups in total. The average molecular weight is 262 g/mol. The number of amides is 2. The quantitative estimate of drug-likeness (QED) is 0.790. The van der Waals surface area contributed by atoms with Crippen LogP contribution in [-0.2, 0) is 6.18 Å². The van der Waals surface area contributed by atoms with Crippen molar-refractivity contribution in [2.24, 2.45) is 0 Å². The first-order valence-electron chi connectivity index (χ1n) is 5.30. The Hall–Kier alpha value is -1.79. The number of alkyl halides is 3. The third-order valence-electron chi connectivity index (χ3n) is 2.45. The summed E-state index contributed by atoms with van der Waals surface area (Å²) in [5.41, 5.74) is -1.49. The predicted molar refractivity (Wildman–Crippen MR) is 56.6 cm³/mol. The van der Waals surface area contributed by atoms with Gasteiger partial charge in [-0.1, -0.05) is 0 Å². The number of benzene rings is 1. The number of carbonyl (C=O) groups excluding carboxylic acids is 1. The van der Waals surface area contributed by atoms with E-state index in [0.717, 1.165) is 12.8 Å². The first-order chi connectivity index (χ1) is 8.36. The highest BCUT2D eigenvalue weighted by Gasteiger charge is 2.31. The number of urea groups is 1. The molecule has 0 aliphatic heterocycles. The Morgan fingerprint density at radius 1 is 1.28 bits per heavy atom. The molecule has 0 heterocycles. The maximum atomic E-state index is 13.3. The van der Waals surface area contributed by atoms with Crippen LogP contribution in [0, 0.1) is 5.82 Å². The maximum absolute atomic E-state index is 13.3. The molecule has 1 aromatic carbocycles. The molecular weight excluding hydrogens is 252 g/mol. The zero-order valence-electron chi connectivity index (χ0n) is 9.14. The number of anilines is 1. The lowest BCUT2D eigenvalue weighted by Gasteiger charge is -2.11. The standard InChI is InChI=1S/C11H10F4N2O/c12-8-4-1-6(11(13,14)15)5-9(8)17-10(18)16-7-2-3-7/h1,4-5,7H,2-3H2,(H2,16,17,18). The highest BCUT2D eigenvalue weighted by molar-refractivity contribution is 5.89. The Kier molecular flexibility index (Phi) is 3.14. The number of rotatable bonds is 2. The van der Waals surface area contributed by atoms with Crippen LogP contribution in [0.2, 0.25) is 0 Å². The Labute approximate surface area is 100 Å². The topological polar surface area (TPSA) is 41.1 Å². The molecule has 0 atom stereocenters. The summed E-state index contributed by atoms with van der Waals surface area (Å²) >= 11 is 0. The maximum Gasteiger partial charge on any atom is 0.416 e. The van der Waals surface area contributed by atoms with Gasteiger partial charge in [0.2, 0.25) is 0 Å². The summed E-state index contributed by atoms with van der Waals surface area (Å²) in [5.74, 6) is -0.908. The van der Waals surface area contributed by atoms with Crippen molar-refractivity contribution in [2.45, 2.75) is 25.1 Å². The molecule has 0 radical (unpaired) electrons. The molecule has 2 rings (SSSR count). The number of nitrogens with one attached hydrogen (secondary N) is 2. The van der Waals surface area contributed by atoms with Gasteiger partial charge in [0.05, 0.1) is 11.3 Å². The van der Waals surface area contributed by atoms with Crippen LogP contribution in [0.25, 0.3) is 0 Å². The van der Waals surface area contributed by atoms with Crippen molar-refractivity contribution in [3.63, 3.8) is 0 Å². The Morgan fingerprint density at radius 3 is 2.50 bits per heavy atom. The van der Waals surface area contributed by atoms with E-state index in [1.807, 2.05) is 0 Å². The molecule has 1 fully saturated rings. The lowest BCUT2D eigenvalue weighted by atomic mass is 10.2. The van der Waals surface area contributed by atoms with E-state index in [2.05, 4.69) is 10.6 Å². The van der Waals surface area contributed by atoms with Gasteiger partial charge in [0.25, 0.3) is 0 Å². The largest absolute Gasteiger partial charge is 0.416 e. The normalized spacial score (nSPS) is 15.3. The average Bonchev–Trinajstić information content (AvgIpc) is 3.03. The summed E-state index contributed by atoms with van der Waals surface area (Å²) in [7, 11) is 0. The van der Waals surface area contributed by atoms with E-state index < -0.39 is 29.3 Å². The molecule has 7 heteroatoms. The monoisotopic (exact) mass is 262 g/mol. The minimum absolute atomic E-state index is 0.0406. The molecule has 0 saturated heterocycles. The summed E-state index contributed by atoms with van der Waals surface area (Å²) in [6.45, 7) is 0. The van der Waals surface area contributed by atoms with Gasteiger partial charge in [0, 0.05) is 6.04 Å². The van der Waals surface area contributed by atoms with Gasteiger partial charge in [0.15, 0.2) is 0 Å². The molecular formula is C11H10F4N2O. The van der Waals surface area contributed by atoms with Crippen LogP contribution in [0.4, 0.5) is 28.0 Å². The molecule has 98 valence electrons. The zero-order chi connectivity index (χ0) is 13.3. The van der Waals surface area contributed by atoms with Gasteiger partial charge in [0.1, 0.15) is 5.82 Å². The van der Waals surface area contributed by atoms with Crippen LogP contribution >= 0.6 is 0 Å². The Bertz CT molecular complexity index is 469. The van der Waals surface area contributed by atoms with Crippen LogP contribution in [-0.4, -0.2) is 12.1 Å². The predicted octanol–water partition coefficient (Wildman–Crippen LogP) is 3.13. The van der Waals surface area contributed by atoms with E-state index in [1.165, 1.54) is 0 Å². The first kappa shape index (κ1) is 12.7. The first-order valence-corrected chi connectivity index (χ1v) is 5.30. The molecule has 18 heavy (non-hydrogen) atoms. The van der Waals surface area contributed by atoms with Crippen molar-refractivity contribution in [2.75, 3.05) is 5.32 Å². The fraction of sp³-hybridized carbons (Fsp3) is 0.364. The molecule has 0 bridgehead atoms. The summed E-state index contributed by atoms with van der Waals surface area (Å²) in [5, 5.41) is 4.56. The van der Waals surface area contributed by atoms with E-state index in [4.69, 9.17) is 0 Å². The fourth-order valence-corrected chi connectivity index (χ4v) is 1.37. The number of halogens is 4. The molecule has 0 spiro atoms. The second kappa shape index (κ2) is 4.47. The third-order valence-corrected chi connectivity index (χ3v) is 2.45. The fourth-order valence-electron chi connectivity index (χ4n) is 1.37. The third kappa shape index (κ3) is 3.12. The van der Waals surface area contributed by atoms with Crippen LogP contribution in [0.3, 0.4) is 0 Å². The van der Waals surface area contributed by atoms with Gasteiger partial charge in [-0.2, -0.15) is 13.2 Å². The lowest BCUT2D eigenvalue weighted by Crippen LogP contribution is -2.30. The van der Waals surface area contributed by atoms with Crippen molar-refractivity contribution in [3.05, 3.63) is 29.6 Å². The van der Waals surface area contributed by atoms with Gasteiger partial charge in [-0.15, -0.1) is 0 Å². The van der Waals surface area contributed by atoms with Crippen LogP contribution in [0.1, 0.15) is 18.4 Å².